The highest BCUT2D eigenvalue weighted by atomic mass is 16.5. The van der Waals surface area contributed by atoms with Crippen LogP contribution in [0, 0.1) is 0 Å². The molecule has 2 saturated heterocycles. The minimum absolute atomic E-state index is 0.00564. The Kier molecular flexibility index (Phi) is 3.09. The molecule has 0 aromatic carbocycles. The van der Waals surface area contributed by atoms with Gasteiger partial charge < -0.3 is 19.7 Å². The zero-order valence-electron chi connectivity index (χ0n) is 9.63. The number of aliphatic hydroxyl groups excluding tert-OH is 1. The molecule has 2 N–H and O–H groups in total. The van der Waals surface area contributed by atoms with E-state index in [-0.39, 0.29) is 12.1 Å². The quantitative estimate of drug-likeness (QED) is 0.775. The lowest BCUT2D eigenvalue weighted by Crippen LogP contribution is -2.16. The van der Waals surface area contributed by atoms with E-state index in [1.165, 1.54) is 0 Å². The van der Waals surface area contributed by atoms with E-state index < -0.39 is 0 Å². The molecule has 6 nitrogen and oxygen atoms in total. The van der Waals surface area contributed by atoms with Crippen molar-refractivity contribution in [3.63, 3.8) is 0 Å². The Balaban J connectivity index is 1.69. The van der Waals surface area contributed by atoms with Gasteiger partial charge in [0.15, 0.2) is 5.82 Å². The van der Waals surface area contributed by atoms with Crippen LogP contribution in [-0.2, 0) is 4.74 Å². The van der Waals surface area contributed by atoms with E-state index in [4.69, 9.17) is 9.26 Å². The summed E-state index contributed by atoms with van der Waals surface area (Å²) < 4.78 is 10.6. The molecule has 0 radical (unpaired) electrons. The Hall–Kier alpha value is -0.980. The molecule has 0 saturated carbocycles. The number of nitrogens with one attached hydrogen (secondary N) is 1. The van der Waals surface area contributed by atoms with Gasteiger partial charge in [0.05, 0.1) is 12.1 Å². The van der Waals surface area contributed by atoms with E-state index in [1.54, 1.807) is 0 Å². The van der Waals surface area contributed by atoms with Gasteiger partial charge >= 0.3 is 0 Å². The van der Waals surface area contributed by atoms with Crippen molar-refractivity contribution in [2.24, 2.45) is 0 Å². The number of aliphatic hydroxyl groups is 1. The minimum atomic E-state index is -0.307. The summed E-state index contributed by atoms with van der Waals surface area (Å²) >= 11 is 0. The van der Waals surface area contributed by atoms with Crippen LogP contribution in [0.4, 0.5) is 0 Å². The van der Waals surface area contributed by atoms with Gasteiger partial charge in [-0.25, -0.2) is 0 Å². The Morgan fingerprint density at radius 1 is 1.29 bits per heavy atom. The van der Waals surface area contributed by atoms with E-state index >= 15 is 0 Å². The highest BCUT2D eigenvalue weighted by Crippen LogP contribution is 2.27. The smallest absolute Gasteiger partial charge is 0.243 e. The maximum Gasteiger partial charge on any atom is 0.243 e. The van der Waals surface area contributed by atoms with Crippen molar-refractivity contribution in [3.05, 3.63) is 11.7 Å². The van der Waals surface area contributed by atoms with Crippen molar-refractivity contribution in [1.29, 1.82) is 0 Å². The predicted molar refractivity (Wildman–Crippen MR) is 58.5 cm³/mol. The fourth-order valence-electron chi connectivity index (χ4n) is 2.42. The van der Waals surface area contributed by atoms with Gasteiger partial charge in [0.25, 0.3) is 0 Å². The van der Waals surface area contributed by atoms with Gasteiger partial charge in [-0.05, 0) is 19.3 Å². The van der Waals surface area contributed by atoms with Crippen LogP contribution in [0.3, 0.4) is 0 Å². The Bertz CT molecular complexity index is 357. The summed E-state index contributed by atoms with van der Waals surface area (Å²) in [6.07, 6.45) is 2.26. The normalized spacial score (nSPS) is 30.9. The maximum atomic E-state index is 9.45. The van der Waals surface area contributed by atoms with Gasteiger partial charge in [0.2, 0.25) is 5.89 Å². The molecule has 94 valence electrons. The second-order valence-electron chi connectivity index (χ2n) is 4.73. The van der Waals surface area contributed by atoms with Gasteiger partial charge in [-0.3, -0.25) is 0 Å². The molecule has 2 fully saturated rings. The molecule has 0 unspecified atom stereocenters. The van der Waals surface area contributed by atoms with Crippen molar-refractivity contribution < 1.29 is 14.4 Å². The van der Waals surface area contributed by atoms with Gasteiger partial charge in [-0.2, -0.15) is 4.98 Å². The number of hydrogen-bond donors (Lipinski definition) is 2. The summed E-state index contributed by atoms with van der Waals surface area (Å²) in [6, 6.07) is 0.00564. The van der Waals surface area contributed by atoms with Crippen LogP contribution in [0.1, 0.15) is 42.9 Å². The second kappa shape index (κ2) is 4.72. The first-order valence-corrected chi connectivity index (χ1v) is 6.15. The molecule has 3 heterocycles. The van der Waals surface area contributed by atoms with E-state index in [2.05, 4.69) is 15.5 Å². The molecule has 2 atom stereocenters. The lowest BCUT2D eigenvalue weighted by molar-refractivity contribution is 0.0830. The van der Waals surface area contributed by atoms with Crippen LogP contribution in [0.15, 0.2) is 4.52 Å². The van der Waals surface area contributed by atoms with Crippen LogP contribution in [-0.4, -0.2) is 41.1 Å². The fraction of sp³-hybridized carbons (Fsp3) is 0.818. The largest absolute Gasteiger partial charge is 0.392 e. The van der Waals surface area contributed by atoms with E-state index in [0.29, 0.717) is 24.8 Å². The molecule has 0 amide bonds. The molecule has 3 rings (SSSR count). The zero-order chi connectivity index (χ0) is 11.7. The second-order valence-corrected chi connectivity index (χ2v) is 4.73. The summed E-state index contributed by atoms with van der Waals surface area (Å²) in [5.41, 5.74) is 0. The Morgan fingerprint density at radius 2 is 2.12 bits per heavy atom. The molecule has 6 heteroatoms. The summed E-state index contributed by atoms with van der Waals surface area (Å²) in [6.45, 7) is 2.14. The molecular weight excluding hydrogens is 222 g/mol. The lowest BCUT2D eigenvalue weighted by Gasteiger charge is -2.18. The third-order valence-electron chi connectivity index (χ3n) is 3.45. The first-order valence-electron chi connectivity index (χ1n) is 6.15. The zero-order valence-corrected chi connectivity index (χ0v) is 9.63. The van der Waals surface area contributed by atoms with Crippen LogP contribution >= 0.6 is 0 Å². The third-order valence-corrected chi connectivity index (χ3v) is 3.45. The number of aromatic nitrogens is 2. The molecule has 2 aliphatic heterocycles. The van der Waals surface area contributed by atoms with E-state index in [1.807, 2.05) is 0 Å². The van der Waals surface area contributed by atoms with Crippen molar-refractivity contribution in [1.82, 2.24) is 15.5 Å². The highest BCUT2D eigenvalue weighted by Gasteiger charge is 2.29. The van der Waals surface area contributed by atoms with E-state index in [9.17, 15) is 5.11 Å². The Labute approximate surface area is 99.3 Å². The van der Waals surface area contributed by atoms with Crippen molar-refractivity contribution in [2.45, 2.75) is 37.3 Å². The molecule has 0 aliphatic carbocycles. The molecule has 17 heavy (non-hydrogen) atoms. The summed E-state index contributed by atoms with van der Waals surface area (Å²) in [5.74, 6) is 1.74. The first-order chi connectivity index (χ1) is 8.33. The highest BCUT2D eigenvalue weighted by molar-refractivity contribution is 5.01. The number of hydrogen-bond acceptors (Lipinski definition) is 6. The lowest BCUT2D eigenvalue weighted by atomic mass is 10.00. The van der Waals surface area contributed by atoms with Gasteiger partial charge in [-0.15, -0.1) is 0 Å². The molecule has 2 aliphatic rings. The maximum absolute atomic E-state index is 9.45. The van der Waals surface area contributed by atoms with Crippen molar-refractivity contribution >= 4 is 0 Å². The van der Waals surface area contributed by atoms with Gasteiger partial charge in [-0.1, -0.05) is 5.16 Å². The fourth-order valence-corrected chi connectivity index (χ4v) is 2.42. The first kappa shape index (κ1) is 11.1. The molecule has 0 bridgehead atoms. The number of nitrogens with zero attached hydrogens (tertiary/aromatic N) is 2. The monoisotopic (exact) mass is 239 g/mol. The summed E-state index contributed by atoms with van der Waals surface area (Å²) in [4.78, 5) is 4.44. The molecule has 0 spiro atoms. The van der Waals surface area contributed by atoms with Crippen LogP contribution in [0.5, 0.6) is 0 Å². The van der Waals surface area contributed by atoms with Gasteiger partial charge in [0.1, 0.15) is 0 Å². The Morgan fingerprint density at radius 3 is 2.82 bits per heavy atom. The van der Waals surface area contributed by atoms with Crippen molar-refractivity contribution in [3.8, 4) is 0 Å². The van der Waals surface area contributed by atoms with Crippen LogP contribution in [0.2, 0.25) is 0 Å². The topological polar surface area (TPSA) is 80.4 Å². The molecule has 1 aromatic rings. The predicted octanol–water partition coefficient (Wildman–Crippen LogP) is 0.359. The molecular formula is C11H17N3O3. The standard InChI is InChI=1S/C11H17N3O3/c15-8-5-9(12-6-8)11-13-10(14-17-11)7-1-3-16-4-2-7/h7-9,12,15H,1-6H2/t8-,9-/m0/s1. The van der Waals surface area contributed by atoms with Crippen molar-refractivity contribution in [2.75, 3.05) is 19.8 Å². The average Bonchev–Trinajstić information content (AvgIpc) is 2.98. The summed E-state index contributed by atoms with van der Waals surface area (Å²) in [5, 5.41) is 16.7. The van der Waals surface area contributed by atoms with Crippen LogP contribution < -0.4 is 5.32 Å². The number of β-amino-alcohol motifs (C(OH)–C–C–N with tert-alkyl or cyclic N) is 1. The minimum Gasteiger partial charge on any atom is -0.392 e. The van der Waals surface area contributed by atoms with Crippen LogP contribution in [0.25, 0.3) is 0 Å². The number of ether oxygens (including phenoxy) is 1. The summed E-state index contributed by atoms with van der Waals surface area (Å²) in [7, 11) is 0. The average molecular weight is 239 g/mol. The SMILES string of the molecule is O[C@@H]1CN[C@H](c2nc(C3CCOCC3)no2)C1. The third kappa shape index (κ3) is 2.34. The van der Waals surface area contributed by atoms with E-state index in [0.717, 1.165) is 31.9 Å². The number of rotatable bonds is 2. The molecule has 1 aromatic heterocycles. The van der Waals surface area contributed by atoms with Gasteiger partial charge in [0, 0.05) is 25.7 Å².